The van der Waals surface area contributed by atoms with E-state index >= 15 is 0 Å². The van der Waals surface area contributed by atoms with E-state index in [1.807, 2.05) is 12.2 Å². The predicted molar refractivity (Wildman–Crippen MR) is 105 cm³/mol. The Labute approximate surface area is 163 Å². The number of carbonyl (C=O) groups excluding carboxylic acids is 1. The zero-order valence-corrected chi connectivity index (χ0v) is 16.9. The molecule has 0 heterocycles. The Morgan fingerprint density at radius 2 is 1.81 bits per heavy atom. The van der Waals surface area contributed by atoms with Gasteiger partial charge >= 0.3 is 5.97 Å². The Kier molecular flexibility index (Phi) is 9.27. The second kappa shape index (κ2) is 11.2. The molecule has 2 aliphatic rings. The van der Waals surface area contributed by atoms with Gasteiger partial charge in [0.05, 0.1) is 25.4 Å². The van der Waals surface area contributed by atoms with E-state index < -0.39 is 18.3 Å². The molecule has 2 rings (SSSR count). The summed E-state index contributed by atoms with van der Waals surface area (Å²) < 4.78 is 4.64. The van der Waals surface area contributed by atoms with Gasteiger partial charge in [0.15, 0.2) is 0 Å². The van der Waals surface area contributed by atoms with Crippen LogP contribution in [-0.4, -0.2) is 46.7 Å². The fraction of sp³-hybridized carbons (Fsp3) is 0.864. The van der Waals surface area contributed by atoms with Gasteiger partial charge in [-0.25, -0.2) is 0 Å². The molecule has 5 nitrogen and oxygen atoms in total. The van der Waals surface area contributed by atoms with E-state index in [-0.39, 0.29) is 17.8 Å². The third kappa shape index (κ3) is 6.58. The summed E-state index contributed by atoms with van der Waals surface area (Å²) >= 11 is 0. The van der Waals surface area contributed by atoms with Crippen LogP contribution in [0.25, 0.3) is 0 Å². The van der Waals surface area contributed by atoms with Crippen molar-refractivity contribution in [3.05, 3.63) is 12.2 Å². The van der Waals surface area contributed by atoms with Crippen LogP contribution >= 0.6 is 0 Å². The molecule has 27 heavy (non-hydrogen) atoms. The first-order valence-electron chi connectivity index (χ1n) is 10.8. The average Bonchev–Trinajstić information content (AvgIpc) is 2.87. The van der Waals surface area contributed by atoms with Crippen LogP contribution in [0.2, 0.25) is 0 Å². The Morgan fingerprint density at radius 3 is 2.48 bits per heavy atom. The zero-order valence-electron chi connectivity index (χ0n) is 16.9. The fourth-order valence-electron chi connectivity index (χ4n) is 4.68. The van der Waals surface area contributed by atoms with Crippen molar-refractivity contribution >= 4 is 5.97 Å². The van der Waals surface area contributed by atoms with Gasteiger partial charge < -0.3 is 20.1 Å². The molecule has 0 unspecified atom stereocenters. The number of carbonyl (C=O) groups is 1. The largest absolute Gasteiger partial charge is 0.469 e. The summed E-state index contributed by atoms with van der Waals surface area (Å²) in [5.74, 6) is 0.914. The molecule has 2 fully saturated rings. The van der Waals surface area contributed by atoms with Crippen LogP contribution in [0.4, 0.5) is 0 Å². The van der Waals surface area contributed by atoms with Crippen molar-refractivity contribution in [1.82, 2.24) is 0 Å². The molecule has 5 atom stereocenters. The lowest BCUT2D eigenvalue weighted by Crippen LogP contribution is -2.32. The molecule has 2 aliphatic carbocycles. The third-order valence-electron chi connectivity index (χ3n) is 6.67. The third-order valence-corrected chi connectivity index (χ3v) is 6.67. The number of ether oxygens (including phenoxy) is 1. The number of unbranched alkanes of at least 4 members (excludes halogenated alkanes) is 3. The van der Waals surface area contributed by atoms with Crippen LogP contribution in [0.1, 0.15) is 71.1 Å². The number of hydrogen-bond acceptors (Lipinski definition) is 5. The van der Waals surface area contributed by atoms with Crippen LogP contribution in [0.5, 0.6) is 0 Å². The van der Waals surface area contributed by atoms with Crippen molar-refractivity contribution in [2.24, 2.45) is 23.7 Å². The van der Waals surface area contributed by atoms with E-state index in [4.69, 9.17) is 0 Å². The summed E-state index contributed by atoms with van der Waals surface area (Å²) in [4.78, 5) is 11.1. The topological polar surface area (TPSA) is 87.0 Å². The van der Waals surface area contributed by atoms with Crippen LogP contribution < -0.4 is 0 Å². The monoisotopic (exact) mass is 382 g/mol. The number of aliphatic hydroxyl groups excluding tert-OH is 3. The van der Waals surface area contributed by atoms with Crippen molar-refractivity contribution in [1.29, 1.82) is 0 Å². The molecular formula is C22H38O5. The molecule has 0 aromatic carbocycles. The number of hydrogen-bond donors (Lipinski definition) is 3. The maximum Gasteiger partial charge on any atom is 0.305 e. The highest BCUT2D eigenvalue weighted by Gasteiger charge is 2.40. The Morgan fingerprint density at radius 1 is 1.11 bits per heavy atom. The second-order valence-corrected chi connectivity index (χ2v) is 8.52. The Hall–Kier alpha value is -0.910. The summed E-state index contributed by atoms with van der Waals surface area (Å²) in [6.45, 7) is 2.19. The number of rotatable bonds is 11. The highest BCUT2D eigenvalue weighted by atomic mass is 16.5. The Balaban J connectivity index is 1.73. The van der Waals surface area contributed by atoms with Crippen molar-refractivity contribution < 1.29 is 24.9 Å². The molecule has 3 N–H and O–H groups in total. The van der Waals surface area contributed by atoms with E-state index in [0.717, 1.165) is 50.9 Å². The molecule has 2 saturated carbocycles. The van der Waals surface area contributed by atoms with Crippen molar-refractivity contribution in [2.75, 3.05) is 7.11 Å². The summed E-state index contributed by atoms with van der Waals surface area (Å²) in [5.41, 5.74) is 0. The first-order chi connectivity index (χ1) is 13.0. The molecule has 156 valence electrons. The van der Waals surface area contributed by atoms with Gasteiger partial charge in [0.1, 0.15) is 0 Å². The van der Waals surface area contributed by atoms with Crippen molar-refractivity contribution in [3.63, 3.8) is 0 Å². The average molecular weight is 383 g/mol. The standard InChI is InChI=1S/C22H38O5/c1-3-15-12-16(13-15)19(23)11-10-18-17(20(24)14-21(18)25)8-6-4-5-7-9-22(26)27-2/h10-11,15-21,23-25H,3-9,12-14H2,1-2H3/t15?,16?,17-,18-,19-,20-,21-/m1/s1. The first kappa shape index (κ1) is 22.4. The van der Waals surface area contributed by atoms with Crippen LogP contribution in [0, 0.1) is 23.7 Å². The van der Waals surface area contributed by atoms with Gasteiger partial charge in [0.25, 0.3) is 0 Å². The molecule has 0 radical (unpaired) electrons. The van der Waals surface area contributed by atoms with Crippen LogP contribution in [0.3, 0.4) is 0 Å². The predicted octanol–water partition coefficient (Wildman–Crippen LogP) is 3.21. The van der Waals surface area contributed by atoms with Gasteiger partial charge in [-0.15, -0.1) is 0 Å². The van der Waals surface area contributed by atoms with E-state index in [0.29, 0.717) is 18.8 Å². The molecule has 0 amide bonds. The lowest BCUT2D eigenvalue weighted by atomic mass is 9.70. The summed E-state index contributed by atoms with van der Waals surface area (Å²) in [7, 11) is 1.41. The van der Waals surface area contributed by atoms with Crippen LogP contribution in [0.15, 0.2) is 12.2 Å². The molecule has 0 bridgehead atoms. The van der Waals surface area contributed by atoms with Crippen molar-refractivity contribution in [3.8, 4) is 0 Å². The molecule has 0 aromatic rings. The Bertz CT molecular complexity index is 471. The van der Waals surface area contributed by atoms with Gasteiger partial charge in [-0.05, 0) is 43.4 Å². The normalized spacial score (nSPS) is 34.6. The van der Waals surface area contributed by atoms with Crippen LogP contribution in [-0.2, 0) is 9.53 Å². The second-order valence-electron chi connectivity index (χ2n) is 8.52. The van der Waals surface area contributed by atoms with Gasteiger partial charge in [0.2, 0.25) is 0 Å². The molecule has 0 spiro atoms. The minimum Gasteiger partial charge on any atom is -0.469 e. The number of methoxy groups -OCH3 is 1. The molecule has 0 saturated heterocycles. The van der Waals surface area contributed by atoms with Crippen molar-refractivity contribution in [2.45, 2.75) is 89.4 Å². The maximum atomic E-state index is 11.1. The number of aliphatic hydroxyl groups is 3. The van der Waals surface area contributed by atoms with Gasteiger partial charge in [-0.3, -0.25) is 4.79 Å². The highest BCUT2D eigenvalue weighted by molar-refractivity contribution is 5.68. The SMILES string of the molecule is CCC1CC([C@H](O)C=C[C@@H]2[C@@H](CCCCCCC(=O)OC)[C@H](O)C[C@H]2O)C1. The fourth-order valence-corrected chi connectivity index (χ4v) is 4.68. The van der Waals surface area contributed by atoms with E-state index in [9.17, 15) is 20.1 Å². The summed E-state index contributed by atoms with van der Waals surface area (Å²) in [6.07, 6.45) is 11.3. The molecule has 0 aromatic heterocycles. The van der Waals surface area contributed by atoms with Gasteiger partial charge in [0, 0.05) is 18.8 Å². The lowest BCUT2D eigenvalue weighted by molar-refractivity contribution is -0.140. The molecule has 5 heteroatoms. The minimum atomic E-state index is -0.530. The maximum absolute atomic E-state index is 11.1. The molecule has 0 aliphatic heterocycles. The minimum absolute atomic E-state index is 0.0498. The molecular weight excluding hydrogens is 344 g/mol. The smallest absolute Gasteiger partial charge is 0.305 e. The van der Waals surface area contributed by atoms with Gasteiger partial charge in [-0.2, -0.15) is 0 Å². The number of esters is 1. The van der Waals surface area contributed by atoms with E-state index in [2.05, 4.69) is 11.7 Å². The highest BCUT2D eigenvalue weighted by Crippen LogP contribution is 2.40. The lowest BCUT2D eigenvalue weighted by Gasteiger charge is -2.37. The summed E-state index contributed by atoms with van der Waals surface area (Å²) in [5, 5.41) is 31.0. The van der Waals surface area contributed by atoms with Gasteiger partial charge in [-0.1, -0.05) is 44.8 Å². The van der Waals surface area contributed by atoms with E-state index in [1.54, 1.807) is 0 Å². The zero-order chi connectivity index (χ0) is 19.8. The quantitative estimate of drug-likeness (QED) is 0.290. The first-order valence-corrected chi connectivity index (χ1v) is 10.8. The van der Waals surface area contributed by atoms with E-state index in [1.165, 1.54) is 13.5 Å². The summed E-state index contributed by atoms with van der Waals surface area (Å²) in [6, 6.07) is 0.